The summed E-state index contributed by atoms with van der Waals surface area (Å²) in [5.41, 5.74) is 0.211. The number of halogens is 2. The lowest BCUT2D eigenvalue weighted by Crippen LogP contribution is -2.51. The highest BCUT2D eigenvalue weighted by molar-refractivity contribution is 5.19. The van der Waals surface area contributed by atoms with Crippen molar-refractivity contribution in [3.8, 4) is 0 Å². The van der Waals surface area contributed by atoms with Crippen molar-refractivity contribution in [2.75, 3.05) is 46.3 Å². The standard InChI is InChI=1S/C19H29F2N3/c1-15(24-12-10-22(2)11-13-24)16-6-8-23(9-7-16)14-17-18(20)4-3-5-19(17)21/h3-5,15-16H,6-14H2,1-2H3. The molecule has 0 amide bonds. The SMILES string of the molecule is CC(C1CCN(Cc2c(F)cccc2F)CC1)N1CCN(C)CC1. The van der Waals surface area contributed by atoms with Gasteiger partial charge in [-0.2, -0.15) is 0 Å². The van der Waals surface area contributed by atoms with Crippen molar-refractivity contribution in [1.29, 1.82) is 0 Å². The monoisotopic (exact) mass is 337 g/mol. The lowest BCUT2D eigenvalue weighted by molar-refractivity contribution is 0.0594. The largest absolute Gasteiger partial charge is 0.304 e. The minimum Gasteiger partial charge on any atom is -0.304 e. The van der Waals surface area contributed by atoms with E-state index < -0.39 is 11.6 Å². The first kappa shape index (κ1) is 17.8. The van der Waals surface area contributed by atoms with Crippen molar-refractivity contribution < 1.29 is 8.78 Å². The third kappa shape index (κ3) is 4.13. The molecule has 0 saturated carbocycles. The molecule has 0 aromatic heterocycles. The van der Waals surface area contributed by atoms with E-state index in [0.717, 1.165) is 52.1 Å². The Labute approximate surface area is 144 Å². The molecule has 134 valence electrons. The summed E-state index contributed by atoms with van der Waals surface area (Å²) in [6.45, 7) is 9.19. The number of likely N-dealkylation sites (tertiary alicyclic amines) is 1. The van der Waals surface area contributed by atoms with E-state index in [-0.39, 0.29) is 5.56 Å². The van der Waals surface area contributed by atoms with Crippen LogP contribution in [0.5, 0.6) is 0 Å². The van der Waals surface area contributed by atoms with Crippen LogP contribution in [0.4, 0.5) is 8.78 Å². The summed E-state index contributed by atoms with van der Waals surface area (Å²) in [5.74, 6) is -0.166. The first-order valence-electron chi connectivity index (χ1n) is 9.12. The molecule has 5 heteroatoms. The molecule has 3 rings (SSSR count). The van der Waals surface area contributed by atoms with Gasteiger partial charge in [0.1, 0.15) is 11.6 Å². The van der Waals surface area contributed by atoms with E-state index in [1.54, 1.807) is 0 Å². The first-order valence-corrected chi connectivity index (χ1v) is 9.12. The molecule has 2 fully saturated rings. The number of hydrogen-bond acceptors (Lipinski definition) is 3. The van der Waals surface area contributed by atoms with Gasteiger partial charge in [-0.25, -0.2) is 8.78 Å². The number of benzene rings is 1. The van der Waals surface area contributed by atoms with E-state index in [1.807, 2.05) is 0 Å². The molecule has 2 saturated heterocycles. The molecule has 0 bridgehead atoms. The van der Waals surface area contributed by atoms with E-state index >= 15 is 0 Å². The molecule has 2 heterocycles. The van der Waals surface area contributed by atoms with Crippen LogP contribution in [0.15, 0.2) is 18.2 Å². The maximum absolute atomic E-state index is 13.8. The van der Waals surface area contributed by atoms with Crippen molar-refractivity contribution in [2.45, 2.75) is 32.4 Å². The van der Waals surface area contributed by atoms with Gasteiger partial charge in [-0.05, 0) is 58.0 Å². The molecule has 0 aliphatic carbocycles. The van der Waals surface area contributed by atoms with Crippen molar-refractivity contribution in [2.24, 2.45) is 5.92 Å². The van der Waals surface area contributed by atoms with Gasteiger partial charge in [-0.1, -0.05) is 6.07 Å². The van der Waals surface area contributed by atoms with E-state index in [0.29, 0.717) is 18.5 Å². The number of nitrogens with zero attached hydrogens (tertiary/aromatic N) is 3. The number of piperazine rings is 1. The number of rotatable bonds is 4. The highest BCUT2D eigenvalue weighted by Gasteiger charge is 2.29. The van der Waals surface area contributed by atoms with Crippen LogP contribution >= 0.6 is 0 Å². The van der Waals surface area contributed by atoms with Gasteiger partial charge in [0.2, 0.25) is 0 Å². The van der Waals surface area contributed by atoms with Crippen molar-refractivity contribution in [3.63, 3.8) is 0 Å². The topological polar surface area (TPSA) is 9.72 Å². The maximum Gasteiger partial charge on any atom is 0.130 e. The molecular weight excluding hydrogens is 308 g/mol. The molecule has 1 aromatic carbocycles. The highest BCUT2D eigenvalue weighted by atomic mass is 19.1. The Morgan fingerprint density at radius 1 is 1.00 bits per heavy atom. The average Bonchev–Trinajstić information content (AvgIpc) is 2.59. The van der Waals surface area contributed by atoms with Crippen LogP contribution in [0.3, 0.4) is 0 Å². The minimum atomic E-state index is -0.428. The Balaban J connectivity index is 1.50. The Hall–Kier alpha value is -1.04. The molecule has 3 nitrogen and oxygen atoms in total. The maximum atomic E-state index is 13.8. The third-order valence-corrected chi connectivity index (χ3v) is 5.87. The van der Waals surface area contributed by atoms with Crippen molar-refractivity contribution in [1.82, 2.24) is 14.7 Å². The van der Waals surface area contributed by atoms with Crippen LogP contribution in [0.1, 0.15) is 25.3 Å². The number of piperidine rings is 1. The second-order valence-corrected chi connectivity index (χ2v) is 7.39. The Bertz CT molecular complexity index is 515. The van der Waals surface area contributed by atoms with Crippen LogP contribution in [-0.4, -0.2) is 67.1 Å². The lowest BCUT2D eigenvalue weighted by atomic mass is 9.89. The van der Waals surface area contributed by atoms with Gasteiger partial charge in [-0.3, -0.25) is 9.80 Å². The van der Waals surface area contributed by atoms with Crippen LogP contribution in [0.25, 0.3) is 0 Å². The van der Waals surface area contributed by atoms with E-state index in [2.05, 4.69) is 28.7 Å². The minimum absolute atomic E-state index is 0.211. The fourth-order valence-corrected chi connectivity index (χ4v) is 4.03. The van der Waals surface area contributed by atoms with Crippen LogP contribution in [0, 0.1) is 17.6 Å². The van der Waals surface area contributed by atoms with Gasteiger partial charge in [0.15, 0.2) is 0 Å². The normalized spacial score (nSPS) is 23.5. The second kappa shape index (κ2) is 7.89. The molecule has 1 aromatic rings. The smallest absolute Gasteiger partial charge is 0.130 e. The Morgan fingerprint density at radius 2 is 1.58 bits per heavy atom. The molecule has 24 heavy (non-hydrogen) atoms. The van der Waals surface area contributed by atoms with Crippen LogP contribution in [0.2, 0.25) is 0 Å². The molecule has 2 aliphatic rings. The van der Waals surface area contributed by atoms with E-state index in [9.17, 15) is 8.78 Å². The quantitative estimate of drug-likeness (QED) is 0.836. The molecule has 1 atom stereocenters. The number of likely N-dealkylation sites (N-methyl/N-ethyl adjacent to an activating group) is 1. The van der Waals surface area contributed by atoms with Gasteiger partial charge in [0, 0.05) is 44.3 Å². The average molecular weight is 337 g/mol. The second-order valence-electron chi connectivity index (χ2n) is 7.39. The van der Waals surface area contributed by atoms with E-state index in [1.165, 1.54) is 18.2 Å². The highest BCUT2D eigenvalue weighted by Crippen LogP contribution is 2.26. The fraction of sp³-hybridized carbons (Fsp3) is 0.684. The van der Waals surface area contributed by atoms with Crippen LogP contribution in [-0.2, 0) is 6.54 Å². The summed E-state index contributed by atoms with van der Waals surface area (Å²) in [6, 6.07) is 4.73. The van der Waals surface area contributed by atoms with Gasteiger partial charge >= 0.3 is 0 Å². The number of hydrogen-bond donors (Lipinski definition) is 0. The molecular formula is C19H29F2N3. The van der Waals surface area contributed by atoms with Gasteiger partial charge in [0.25, 0.3) is 0 Å². The summed E-state index contributed by atoms with van der Waals surface area (Å²) in [7, 11) is 2.18. The fourth-order valence-electron chi connectivity index (χ4n) is 4.03. The van der Waals surface area contributed by atoms with Gasteiger partial charge in [0.05, 0.1) is 0 Å². The first-order chi connectivity index (χ1) is 11.5. The predicted molar refractivity (Wildman–Crippen MR) is 92.9 cm³/mol. The summed E-state index contributed by atoms with van der Waals surface area (Å²) in [5, 5.41) is 0. The van der Waals surface area contributed by atoms with Crippen molar-refractivity contribution >= 4 is 0 Å². The molecule has 0 radical (unpaired) electrons. The zero-order chi connectivity index (χ0) is 17.1. The third-order valence-electron chi connectivity index (χ3n) is 5.87. The van der Waals surface area contributed by atoms with Gasteiger partial charge < -0.3 is 4.90 Å². The predicted octanol–water partition coefficient (Wildman–Crippen LogP) is 2.81. The Kier molecular flexibility index (Phi) is 5.85. The lowest BCUT2D eigenvalue weighted by Gasteiger charge is -2.42. The van der Waals surface area contributed by atoms with Gasteiger partial charge in [-0.15, -0.1) is 0 Å². The summed E-state index contributed by atoms with van der Waals surface area (Å²) < 4.78 is 27.6. The van der Waals surface area contributed by atoms with Crippen molar-refractivity contribution in [3.05, 3.63) is 35.4 Å². The van der Waals surface area contributed by atoms with Crippen LogP contribution < -0.4 is 0 Å². The Morgan fingerprint density at radius 3 is 2.17 bits per heavy atom. The molecule has 2 aliphatic heterocycles. The summed E-state index contributed by atoms with van der Waals surface area (Å²) in [4.78, 5) is 7.18. The molecule has 0 N–H and O–H groups in total. The summed E-state index contributed by atoms with van der Waals surface area (Å²) >= 11 is 0. The summed E-state index contributed by atoms with van der Waals surface area (Å²) in [6.07, 6.45) is 2.23. The molecule has 1 unspecified atom stereocenters. The molecule has 0 spiro atoms. The zero-order valence-corrected chi connectivity index (χ0v) is 14.8. The zero-order valence-electron chi connectivity index (χ0n) is 14.8. The van der Waals surface area contributed by atoms with E-state index in [4.69, 9.17) is 0 Å².